The highest BCUT2D eigenvalue weighted by molar-refractivity contribution is 7.21. The van der Waals surface area contributed by atoms with Gasteiger partial charge in [-0.3, -0.25) is 4.79 Å². The average molecular weight is 487 g/mol. The lowest BCUT2D eigenvalue weighted by molar-refractivity contribution is 0.0497. The molecule has 0 radical (unpaired) electrons. The summed E-state index contributed by atoms with van der Waals surface area (Å²) >= 11 is 1.11. The number of carbonyl (C=O) groups is 2. The Hall–Kier alpha value is -3.47. The Morgan fingerprint density at radius 1 is 1.18 bits per heavy atom. The topological polar surface area (TPSA) is 136 Å². The maximum absolute atomic E-state index is 13.5. The molecule has 0 bridgehead atoms. The van der Waals surface area contributed by atoms with Crippen molar-refractivity contribution < 1.29 is 18.7 Å². The Balaban J connectivity index is 1.62. The summed E-state index contributed by atoms with van der Waals surface area (Å²) in [5.74, 6) is -0.536. The number of thiophene rings is 1. The number of halogens is 1. The smallest absolute Gasteiger partial charge is 0.407 e. The number of benzene rings is 1. The molecule has 180 valence electrons. The monoisotopic (exact) mass is 486 g/mol. The minimum atomic E-state index is -0.638. The molecule has 1 aliphatic heterocycles. The van der Waals surface area contributed by atoms with Crippen LogP contribution in [0, 0.1) is 5.82 Å². The van der Waals surface area contributed by atoms with Gasteiger partial charge in [-0.15, -0.1) is 11.3 Å². The van der Waals surface area contributed by atoms with Gasteiger partial charge < -0.3 is 26.4 Å². The number of nitrogen functional groups attached to an aromatic ring is 1. The molecule has 0 atom stereocenters. The average Bonchev–Trinajstić information content (AvgIpc) is 3.10. The van der Waals surface area contributed by atoms with E-state index in [1.807, 2.05) is 25.7 Å². The molecule has 1 aromatic carbocycles. The van der Waals surface area contributed by atoms with Gasteiger partial charge >= 0.3 is 6.09 Å². The molecule has 9 nitrogen and oxygen atoms in total. The number of carbonyl (C=O) groups excluding carboxylic acids is 2. The van der Waals surface area contributed by atoms with Crippen molar-refractivity contribution in [3.05, 3.63) is 35.0 Å². The second kappa shape index (κ2) is 9.05. The van der Waals surface area contributed by atoms with Crippen LogP contribution in [0.4, 0.5) is 20.8 Å². The minimum Gasteiger partial charge on any atom is -0.444 e. The van der Waals surface area contributed by atoms with Crippen molar-refractivity contribution in [3.8, 4) is 11.3 Å². The first-order valence-electron chi connectivity index (χ1n) is 10.9. The first-order valence-corrected chi connectivity index (χ1v) is 11.7. The van der Waals surface area contributed by atoms with Crippen molar-refractivity contribution in [2.24, 2.45) is 5.73 Å². The Bertz CT molecular complexity index is 1230. The molecule has 0 saturated carbocycles. The highest BCUT2D eigenvalue weighted by Gasteiger charge is 2.27. The summed E-state index contributed by atoms with van der Waals surface area (Å²) in [6.07, 6.45) is 0.937. The number of rotatable bonds is 4. The number of fused-ring (bicyclic) bond motifs is 1. The van der Waals surface area contributed by atoms with Crippen LogP contribution in [0.3, 0.4) is 0 Å². The molecule has 1 fully saturated rings. The van der Waals surface area contributed by atoms with E-state index in [2.05, 4.69) is 10.3 Å². The largest absolute Gasteiger partial charge is 0.444 e. The number of nitrogens with two attached hydrogens (primary N) is 2. The zero-order valence-corrected chi connectivity index (χ0v) is 20.0. The number of anilines is 2. The van der Waals surface area contributed by atoms with Crippen molar-refractivity contribution in [2.75, 3.05) is 23.7 Å². The van der Waals surface area contributed by atoms with Crippen molar-refractivity contribution in [1.82, 2.24) is 15.3 Å². The normalized spacial score (nSPS) is 14.9. The van der Waals surface area contributed by atoms with E-state index in [0.717, 1.165) is 11.3 Å². The lowest BCUT2D eigenvalue weighted by Gasteiger charge is -2.33. The molecule has 1 saturated heterocycles. The van der Waals surface area contributed by atoms with Gasteiger partial charge in [0.25, 0.3) is 5.91 Å². The fourth-order valence-electron chi connectivity index (χ4n) is 3.85. The zero-order valence-electron chi connectivity index (χ0n) is 19.2. The third-order valence-corrected chi connectivity index (χ3v) is 6.53. The summed E-state index contributed by atoms with van der Waals surface area (Å²) < 4.78 is 18.9. The van der Waals surface area contributed by atoms with Gasteiger partial charge in [-0.1, -0.05) is 0 Å². The molecule has 1 aliphatic rings. The highest BCUT2D eigenvalue weighted by atomic mass is 32.1. The number of aromatic nitrogens is 2. The highest BCUT2D eigenvalue weighted by Crippen LogP contribution is 2.39. The lowest BCUT2D eigenvalue weighted by Crippen LogP contribution is -2.46. The van der Waals surface area contributed by atoms with Crippen molar-refractivity contribution in [2.45, 2.75) is 45.3 Å². The standard InChI is InChI=1S/C23H27FN6O3S/c1-23(2,3)33-22(32)27-14-8-10-30(11-9-14)21-28-17(12-4-6-13(24)7-5-12)15-16(25)18(19(26)31)34-20(15)29-21/h4-7,14H,8-11,25H2,1-3H3,(H2,26,31)(H,27,32). The van der Waals surface area contributed by atoms with Gasteiger partial charge in [0.15, 0.2) is 0 Å². The summed E-state index contributed by atoms with van der Waals surface area (Å²) in [4.78, 5) is 36.1. The number of piperidine rings is 1. The first-order chi connectivity index (χ1) is 16.0. The number of alkyl carbamates (subject to hydrolysis) is 1. The van der Waals surface area contributed by atoms with E-state index in [4.69, 9.17) is 21.2 Å². The fraction of sp³-hybridized carbons (Fsp3) is 0.391. The molecular formula is C23H27FN6O3S. The van der Waals surface area contributed by atoms with E-state index in [1.54, 1.807) is 12.1 Å². The van der Waals surface area contributed by atoms with Gasteiger partial charge in [-0.25, -0.2) is 19.2 Å². The number of ether oxygens (including phenoxy) is 1. The van der Waals surface area contributed by atoms with Crippen LogP contribution in [-0.4, -0.2) is 46.7 Å². The number of amides is 2. The van der Waals surface area contributed by atoms with Crippen LogP contribution < -0.4 is 21.7 Å². The van der Waals surface area contributed by atoms with Gasteiger partial charge in [0.2, 0.25) is 5.95 Å². The summed E-state index contributed by atoms with van der Waals surface area (Å²) in [5.41, 5.74) is 12.6. The van der Waals surface area contributed by atoms with Crippen molar-refractivity contribution >= 4 is 45.2 Å². The first kappa shape index (κ1) is 23.7. The molecule has 5 N–H and O–H groups in total. The van der Waals surface area contributed by atoms with Crippen LogP contribution >= 0.6 is 11.3 Å². The maximum atomic E-state index is 13.5. The van der Waals surface area contributed by atoms with Crippen molar-refractivity contribution in [3.63, 3.8) is 0 Å². The molecule has 4 rings (SSSR count). The molecule has 0 aliphatic carbocycles. The SMILES string of the molecule is CC(C)(C)OC(=O)NC1CCN(c2nc(-c3ccc(F)cc3)c3c(N)c(C(N)=O)sc3n2)CC1. The van der Waals surface area contributed by atoms with E-state index in [0.29, 0.717) is 53.4 Å². The molecule has 34 heavy (non-hydrogen) atoms. The summed E-state index contributed by atoms with van der Waals surface area (Å²) in [6.45, 7) is 6.68. The number of hydrogen-bond acceptors (Lipinski definition) is 8. The van der Waals surface area contributed by atoms with E-state index >= 15 is 0 Å². The molecule has 11 heteroatoms. The molecule has 0 spiro atoms. The molecule has 2 aromatic heterocycles. The molecule has 0 unspecified atom stereocenters. The number of nitrogens with zero attached hydrogens (tertiary/aromatic N) is 3. The number of hydrogen-bond donors (Lipinski definition) is 3. The summed E-state index contributed by atoms with van der Waals surface area (Å²) in [7, 11) is 0. The van der Waals surface area contributed by atoms with Crippen LogP contribution in [0.5, 0.6) is 0 Å². The van der Waals surface area contributed by atoms with Crippen LogP contribution in [-0.2, 0) is 4.74 Å². The van der Waals surface area contributed by atoms with Gasteiger partial charge in [0, 0.05) is 24.7 Å². The van der Waals surface area contributed by atoms with Gasteiger partial charge in [0.1, 0.15) is 21.1 Å². The van der Waals surface area contributed by atoms with Crippen LogP contribution in [0.2, 0.25) is 0 Å². The summed E-state index contributed by atoms with van der Waals surface area (Å²) in [5, 5.41) is 3.44. The molecular weight excluding hydrogens is 459 g/mol. The number of nitrogens with one attached hydrogen (secondary N) is 1. The van der Waals surface area contributed by atoms with E-state index in [-0.39, 0.29) is 22.4 Å². The Kier molecular flexibility index (Phi) is 6.30. The van der Waals surface area contributed by atoms with E-state index < -0.39 is 17.6 Å². The van der Waals surface area contributed by atoms with Gasteiger partial charge in [0.05, 0.1) is 16.8 Å². The quantitative estimate of drug-likeness (QED) is 0.512. The predicted molar refractivity (Wildman–Crippen MR) is 130 cm³/mol. The molecule has 3 heterocycles. The van der Waals surface area contributed by atoms with Crippen LogP contribution in [0.25, 0.3) is 21.5 Å². The predicted octanol–water partition coefficient (Wildman–Crippen LogP) is 3.67. The second-order valence-electron chi connectivity index (χ2n) is 9.18. The van der Waals surface area contributed by atoms with Crippen molar-refractivity contribution in [1.29, 1.82) is 0 Å². The van der Waals surface area contributed by atoms with Crippen LogP contribution in [0.15, 0.2) is 24.3 Å². The number of primary amides is 1. The minimum absolute atomic E-state index is 0.0229. The summed E-state index contributed by atoms with van der Waals surface area (Å²) in [6, 6.07) is 5.88. The van der Waals surface area contributed by atoms with Gasteiger partial charge in [-0.2, -0.15) is 0 Å². The second-order valence-corrected chi connectivity index (χ2v) is 10.2. The lowest BCUT2D eigenvalue weighted by atomic mass is 10.1. The van der Waals surface area contributed by atoms with E-state index in [9.17, 15) is 14.0 Å². The molecule has 2 amide bonds. The molecule has 3 aromatic rings. The van der Waals surface area contributed by atoms with Gasteiger partial charge in [-0.05, 0) is 57.9 Å². The van der Waals surface area contributed by atoms with E-state index in [1.165, 1.54) is 12.1 Å². The Morgan fingerprint density at radius 2 is 1.82 bits per heavy atom. The Morgan fingerprint density at radius 3 is 2.41 bits per heavy atom. The Labute approximate surface area is 200 Å². The zero-order chi connectivity index (χ0) is 24.6. The third kappa shape index (κ3) is 5.04. The third-order valence-electron chi connectivity index (χ3n) is 5.42. The van der Waals surface area contributed by atoms with Crippen LogP contribution in [0.1, 0.15) is 43.3 Å². The maximum Gasteiger partial charge on any atom is 0.407 e. The fourth-order valence-corrected chi connectivity index (χ4v) is 4.79.